The molecular formula is C27H44FN7O3. The minimum Gasteiger partial charge on any atom is -0.370 e. The van der Waals surface area contributed by atoms with E-state index in [2.05, 4.69) is 25.4 Å². The van der Waals surface area contributed by atoms with Gasteiger partial charge in [0.2, 0.25) is 0 Å². The molecule has 1 amide bonds. The van der Waals surface area contributed by atoms with Crippen LogP contribution in [-0.4, -0.2) is 103 Å². The van der Waals surface area contributed by atoms with Gasteiger partial charge in [-0.25, -0.2) is 4.39 Å². The maximum atomic E-state index is 15.7. The Morgan fingerprint density at radius 2 is 1.92 bits per heavy atom. The second-order valence-corrected chi connectivity index (χ2v) is 11.5. The average Bonchev–Trinajstić information content (AvgIpc) is 3.42. The van der Waals surface area contributed by atoms with Crippen LogP contribution in [0.3, 0.4) is 0 Å². The Morgan fingerprint density at radius 3 is 2.71 bits per heavy atom. The Balaban J connectivity index is 1.29. The summed E-state index contributed by atoms with van der Waals surface area (Å²) in [7, 11) is 0. The molecule has 10 nitrogen and oxygen atoms in total. The molecule has 7 unspecified atom stereocenters. The number of alkyl halides is 1. The molecule has 2 saturated carbocycles. The third-order valence-corrected chi connectivity index (χ3v) is 9.00. The van der Waals surface area contributed by atoms with E-state index in [1.807, 2.05) is 0 Å². The van der Waals surface area contributed by atoms with Crippen molar-refractivity contribution in [1.82, 2.24) is 20.4 Å². The number of guanidine groups is 1. The van der Waals surface area contributed by atoms with E-state index < -0.39 is 24.2 Å². The number of nitrogens with two attached hydrogens (primary N) is 2. The van der Waals surface area contributed by atoms with Gasteiger partial charge in [-0.1, -0.05) is 12.8 Å². The van der Waals surface area contributed by atoms with Gasteiger partial charge in [0, 0.05) is 38.3 Å². The Morgan fingerprint density at radius 1 is 1.13 bits per heavy atom. The summed E-state index contributed by atoms with van der Waals surface area (Å²) in [4.78, 5) is 35.3. The molecular weight excluding hydrogens is 489 g/mol. The molecule has 0 aromatic carbocycles. The third-order valence-electron chi connectivity index (χ3n) is 9.00. The number of morpholine rings is 1. The quantitative estimate of drug-likeness (QED) is 0.137. The number of hydrogen-bond acceptors (Lipinski definition) is 7. The Bertz CT molecular complexity index is 920. The van der Waals surface area contributed by atoms with Gasteiger partial charge in [0.25, 0.3) is 5.91 Å². The summed E-state index contributed by atoms with van der Waals surface area (Å²) in [6.45, 7) is 4.73. The number of carbonyl (C=O) groups is 2. The van der Waals surface area contributed by atoms with Crippen molar-refractivity contribution < 1.29 is 18.7 Å². The van der Waals surface area contributed by atoms with Crippen LogP contribution >= 0.6 is 0 Å². The fraction of sp³-hybridized carbons (Fsp3) is 0.815. The summed E-state index contributed by atoms with van der Waals surface area (Å²) in [6.07, 6.45) is 8.17. The van der Waals surface area contributed by atoms with Crippen molar-refractivity contribution in [1.29, 1.82) is 0 Å². The average molecular weight is 534 g/mol. The van der Waals surface area contributed by atoms with E-state index in [4.69, 9.17) is 16.2 Å². The number of carbonyl (C=O) groups excluding carboxylic acids is 2. The van der Waals surface area contributed by atoms with Crippen molar-refractivity contribution in [2.75, 3.05) is 39.3 Å². The van der Waals surface area contributed by atoms with Gasteiger partial charge >= 0.3 is 0 Å². The van der Waals surface area contributed by atoms with Crippen LogP contribution in [0.4, 0.5) is 4.39 Å². The lowest BCUT2D eigenvalue weighted by atomic mass is 9.69. The van der Waals surface area contributed by atoms with Crippen molar-refractivity contribution in [2.24, 2.45) is 22.4 Å². The molecule has 6 N–H and O–H groups in total. The molecule has 11 heteroatoms. The SMILES string of the molecule is NC(N)=NCCCCNC(=O)C1=CN2C3CCCCC3OC3C(NCCN4CCCC4)C(F)CC(C1=O)C32. The fourth-order valence-corrected chi connectivity index (χ4v) is 7.13. The van der Waals surface area contributed by atoms with Crippen LogP contribution in [0.15, 0.2) is 16.8 Å². The summed E-state index contributed by atoms with van der Waals surface area (Å²) in [5, 5.41) is 6.36. The van der Waals surface area contributed by atoms with Crippen molar-refractivity contribution in [3.8, 4) is 0 Å². The lowest BCUT2D eigenvalue weighted by Crippen LogP contribution is -2.73. The first-order valence-electron chi connectivity index (χ1n) is 14.6. The number of ketones is 1. The van der Waals surface area contributed by atoms with Crippen LogP contribution < -0.4 is 22.1 Å². The molecule has 3 aliphatic heterocycles. The first-order chi connectivity index (χ1) is 18.4. The molecule has 0 aromatic rings. The van der Waals surface area contributed by atoms with Gasteiger partial charge in [0.15, 0.2) is 11.7 Å². The zero-order chi connectivity index (χ0) is 26.6. The highest BCUT2D eigenvalue weighted by Gasteiger charge is 2.58. The van der Waals surface area contributed by atoms with Gasteiger partial charge in [0.1, 0.15) is 6.17 Å². The van der Waals surface area contributed by atoms with Crippen molar-refractivity contribution in [3.63, 3.8) is 0 Å². The van der Waals surface area contributed by atoms with Crippen molar-refractivity contribution >= 4 is 17.6 Å². The standard InChI is InChI=1S/C27H44FN7O3/c28-19-15-17-23-25(22(19)31-11-14-34-12-5-6-13-34)38-21-8-2-1-7-20(21)35(23)16-18(24(17)36)26(37)32-9-3-4-10-33-27(29)30/h16-17,19-23,25,31H,1-15H2,(H,32,37)(H4,29,30,33). The van der Waals surface area contributed by atoms with E-state index in [1.54, 1.807) is 6.20 Å². The number of halogens is 1. The number of amides is 1. The van der Waals surface area contributed by atoms with E-state index in [9.17, 15) is 9.59 Å². The van der Waals surface area contributed by atoms with E-state index in [0.717, 1.165) is 51.7 Å². The summed E-state index contributed by atoms with van der Waals surface area (Å²) < 4.78 is 22.4. The fourth-order valence-electron chi connectivity index (χ4n) is 7.13. The number of nitrogens with zero attached hydrogens (tertiary/aromatic N) is 3. The number of likely N-dealkylation sites (tertiary alicyclic amines) is 1. The van der Waals surface area contributed by atoms with Gasteiger partial charge < -0.3 is 36.6 Å². The number of ether oxygens (including phenoxy) is 1. The van der Waals surface area contributed by atoms with Gasteiger partial charge in [-0.05, 0) is 58.0 Å². The summed E-state index contributed by atoms with van der Waals surface area (Å²) in [6, 6.07) is -0.579. The molecule has 5 rings (SSSR count). The highest BCUT2D eigenvalue weighted by Crippen LogP contribution is 2.45. The number of fused-ring (bicyclic) bond motifs is 2. The maximum Gasteiger partial charge on any atom is 0.256 e. The molecule has 4 fully saturated rings. The molecule has 0 spiro atoms. The Kier molecular flexibility index (Phi) is 8.84. The van der Waals surface area contributed by atoms with E-state index >= 15 is 4.39 Å². The largest absolute Gasteiger partial charge is 0.370 e. The summed E-state index contributed by atoms with van der Waals surface area (Å²) in [5.41, 5.74) is 10.8. The predicted molar refractivity (Wildman–Crippen MR) is 143 cm³/mol. The molecule has 212 valence electrons. The second-order valence-electron chi connectivity index (χ2n) is 11.5. The maximum absolute atomic E-state index is 15.7. The van der Waals surface area contributed by atoms with Gasteiger partial charge in [0.05, 0.1) is 35.9 Å². The molecule has 2 saturated heterocycles. The topological polar surface area (TPSA) is 138 Å². The summed E-state index contributed by atoms with van der Waals surface area (Å²) in [5.74, 6) is -1.17. The van der Waals surface area contributed by atoms with E-state index in [0.29, 0.717) is 26.1 Å². The predicted octanol–water partition coefficient (Wildman–Crippen LogP) is 0.415. The van der Waals surface area contributed by atoms with E-state index in [1.165, 1.54) is 12.8 Å². The minimum atomic E-state index is -1.20. The minimum absolute atomic E-state index is 0.0110. The smallest absolute Gasteiger partial charge is 0.256 e. The number of unbranched alkanes of at least 4 members (excludes halogenated alkanes) is 1. The van der Waals surface area contributed by atoms with Gasteiger partial charge in [-0.15, -0.1) is 0 Å². The Labute approximate surface area is 224 Å². The number of hydrogen-bond donors (Lipinski definition) is 4. The first-order valence-corrected chi connectivity index (χ1v) is 14.6. The highest BCUT2D eigenvalue weighted by molar-refractivity contribution is 6.20. The monoisotopic (exact) mass is 533 g/mol. The Hall–Kier alpha value is -2.24. The third kappa shape index (κ3) is 5.84. The lowest BCUT2D eigenvalue weighted by Gasteiger charge is -2.59. The molecule has 3 heterocycles. The molecule has 38 heavy (non-hydrogen) atoms. The van der Waals surface area contributed by atoms with Crippen molar-refractivity contribution in [2.45, 2.75) is 94.3 Å². The molecule has 0 bridgehead atoms. The molecule has 2 aliphatic carbocycles. The molecule has 5 aliphatic rings. The van der Waals surface area contributed by atoms with E-state index in [-0.39, 0.29) is 47.8 Å². The second kappa shape index (κ2) is 12.3. The van der Waals surface area contributed by atoms with Crippen LogP contribution in [0.5, 0.6) is 0 Å². The zero-order valence-corrected chi connectivity index (χ0v) is 22.3. The first kappa shape index (κ1) is 27.3. The number of aliphatic imine (C=N–C) groups is 1. The molecule has 0 aromatic heterocycles. The van der Waals surface area contributed by atoms with Crippen LogP contribution in [0.2, 0.25) is 0 Å². The summed E-state index contributed by atoms with van der Waals surface area (Å²) >= 11 is 0. The highest BCUT2D eigenvalue weighted by atomic mass is 19.1. The number of nitrogens with one attached hydrogen (secondary N) is 2. The van der Waals surface area contributed by atoms with Crippen LogP contribution in [-0.2, 0) is 14.3 Å². The molecule has 0 radical (unpaired) electrons. The zero-order valence-electron chi connectivity index (χ0n) is 22.3. The van der Waals surface area contributed by atoms with Crippen molar-refractivity contribution in [3.05, 3.63) is 11.8 Å². The van der Waals surface area contributed by atoms with Crippen LogP contribution in [0, 0.1) is 5.92 Å². The molecule has 7 atom stereocenters. The number of Topliss-reactive ketones (excluding diaryl/α,β-unsaturated/α-hetero) is 1. The van der Waals surface area contributed by atoms with Gasteiger partial charge in [-0.3, -0.25) is 14.6 Å². The number of rotatable bonds is 10. The lowest BCUT2D eigenvalue weighted by molar-refractivity contribution is -0.197. The van der Waals surface area contributed by atoms with Crippen LogP contribution in [0.1, 0.15) is 57.8 Å². The van der Waals surface area contributed by atoms with Gasteiger partial charge in [-0.2, -0.15) is 0 Å². The normalized spacial score (nSPS) is 34.8. The van der Waals surface area contributed by atoms with Crippen LogP contribution in [0.25, 0.3) is 0 Å².